The number of carbonyl (C=O) groups is 1. The summed E-state index contributed by atoms with van der Waals surface area (Å²) in [5.74, 6) is 0.485. The van der Waals surface area contributed by atoms with Crippen molar-refractivity contribution >= 4 is 34.8 Å². The van der Waals surface area contributed by atoms with Gasteiger partial charge in [-0.25, -0.2) is 0 Å². The summed E-state index contributed by atoms with van der Waals surface area (Å²) in [6.45, 7) is 4.03. The number of halogens is 2. The van der Waals surface area contributed by atoms with Crippen molar-refractivity contribution in [3.63, 3.8) is 0 Å². The van der Waals surface area contributed by atoms with Crippen molar-refractivity contribution in [2.45, 2.75) is 20.4 Å². The van der Waals surface area contributed by atoms with Crippen molar-refractivity contribution in [1.29, 1.82) is 0 Å². The number of nitrogen functional groups attached to an aromatic ring is 1. The second kappa shape index (κ2) is 5.95. The first kappa shape index (κ1) is 15.7. The van der Waals surface area contributed by atoms with E-state index >= 15 is 0 Å². The van der Waals surface area contributed by atoms with Gasteiger partial charge in [-0.2, -0.15) is 0 Å². The predicted octanol–water partition coefficient (Wildman–Crippen LogP) is 3.45. The van der Waals surface area contributed by atoms with E-state index in [1.165, 1.54) is 12.1 Å². The average Bonchev–Trinajstić information content (AvgIpc) is 2.75. The number of anilines is 1. The average molecular weight is 328 g/mol. The van der Waals surface area contributed by atoms with Gasteiger partial charge >= 0.3 is 0 Å². The maximum atomic E-state index is 12.4. The largest absolute Gasteiger partial charge is 0.396 e. The molecule has 0 unspecified atom stereocenters. The molecular weight excluding hydrogens is 313 g/mol. The fraction of sp³-hybridized carbons (Fsp3) is 0.286. The van der Waals surface area contributed by atoms with E-state index in [1.54, 1.807) is 11.9 Å². The monoisotopic (exact) mass is 327 g/mol. The molecule has 7 heteroatoms. The van der Waals surface area contributed by atoms with Crippen molar-refractivity contribution in [1.82, 2.24) is 10.1 Å². The third kappa shape index (κ3) is 3.14. The maximum Gasteiger partial charge on any atom is 0.254 e. The van der Waals surface area contributed by atoms with Crippen LogP contribution in [0.1, 0.15) is 27.4 Å². The van der Waals surface area contributed by atoms with Crippen LogP contribution in [0.15, 0.2) is 16.7 Å². The molecule has 0 fully saturated rings. The molecule has 5 nitrogen and oxygen atoms in total. The number of hydrogen-bond donors (Lipinski definition) is 1. The van der Waals surface area contributed by atoms with Gasteiger partial charge < -0.3 is 15.2 Å². The smallest absolute Gasteiger partial charge is 0.254 e. The first-order valence-corrected chi connectivity index (χ1v) is 6.98. The van der Waals surface area contributed by atoms with Crippen LogP contribution in [0.4, 0.5) is 5.69 Å². The fourth-order valence-electron chi connectivity index (χ4n) is 1.96. The number of carbonyl (C=O) groups excluding carboxylic acids is 1. The summed E-state index contributed by atoms with van der Waals surface area (Å²) in [5, 5.41) is 4.39. The van der Waals surface area contributed by atoms with Gasteiger partial charge in [0.05, 0.1) is 28.0 Å². The van der Waals surface area contributed by atoms with Crippen LogP contribution in [-0.4, -0.2) is 23.0 Å². The van der Waals surface area contributed by atoms with Crippen molar-refractivity contribution < 1.29 is 9.32 Å². The molecule has 1 aromatic carbocycles. The molecule has 1 amide bonds. The molecule has 21 heavy (non-hydrogen) atoms. The van der Waals surface area contributed by atoms with Crippen LogP contribution < -0.4 is 5.73 Å². The van der Waals surface area contributed by atoms with Crippen LogP contribution in [0.25, 0.3) is 0 Å². The Kier molecular flexibility index (Phi) is 4.44. The summed E-state index contributed by atoms with van der Waals surface area (Å²) < 4.78 is 5.09. The highest BCUT2D eigenvalue weighted by Gasteiger charge is 2.18. The summed E-state index contributed by atoms with van der Waals surface area (Å²) in [5.41, 5.74) is 7.97. The zero-order valence-corrected chi connectivity index (χ0v) is 13.4. The third-order valence-corrected chi connectivity index (χ3v) is 3.87. The molecule has 0 bridgehead atoms. The molecule has 2 rings (SSSR count). The van der Waals surface area contributed by atoms with Crippen LogP contribution in [0.2, 0.25) is 10.0 Å². The molecule has 0 aliphatic rings. The molecule has 1 aromatic heterocycles. The van der Waals surface area contributed by atoms with Gasteiger partial charge in [-0.05, 0) is 26.0 Å². The first-order chi connectivity index (χ1) is 9.81. The maximum absolute atomic E-state index is 12.4. The van der Waals surface area contributed by atoms with Gasteiger partial charge in [0.15, 0.2) is 0 Å². The highest BCUT2D eigenvalue weighted by atomic mass is 35.5. The third-order valence-electron chi connectivity index (χ3n) is 3.25. The predicted molar refractivity (Wildman–Crippen MR) is 82.6 cm³/mol. The van der Waals surface area contributed by atoms with E-state index in [1.807, 2.05) is 13.8 Å². The van der Waals surface area contributed by atoms with E-state index in [4.69, 9.17) is 33.5 Å². The first-order valence-electron chi connectivity index (χ1n) is 6.23. The quantitative estimate of drug-likeness (QED) is 0.876. The molecule has 0 radical (unpaired) electrons. The number of hydrogen-bond acceptors (Lipinski definition) is 4. The minimum Gasteiger partial charge on any atom is -0.396 e. The Hall–Kier alpha value is -1.72. The lowest BCUT2D eigenvalue weighted by atomic mass is 10.1. The van der Waals surface area contributed by atoms with Gasteiger partial charge in [0.25, 0.3) is 5.91 Å². The number of rotatable bonds is 3. The normalized spacial score (nSPS) is 10.7. The number of amides is 1. The fourth-order valence-corrected chi connectivity index (χ4v) is 2.45. The Morgan fingerprint density at radius 2 is 1.90 bits per heavy atom. The van der Waals surface area contributed by atoms with Crippen LogP contribution in [0.3, 0.4) is 0 Å². The molecule has 2 N–H and O–H groups in total. The Morgan fingerprint density at radius 3 is 2.38 bits per heavy atom. The van der Waals surface area contributed by atoms with Crippen LogP contribution in [-0.2, 0) is 6.54 Å². The van der Waals surface area contributed by atoms with E-state index in [2.05, 4.69) is 5.16 Å². The zero-order chi connectivity index (χ0) is 15.7. The van der Waals surface area contributed by atoms with E-state index < -0.39 is 0 Å². The van der Waals surface area contributed by atoms with Crippen molar-refractivity contribution in [2.75, 3.05) is 12.8 Å². The number of nitrogens with zero attached hydrogens (tertiary/aromatic N) is 2. The summed E-state index contributed by atoms with van der Waals surface area (Å²) in [4.78, 5) is 14.0. The molecule has 0 atom stereocenters. The van der Waals surface area contributed by atoms with E-state index in [-0.39, 0.29) is 21.6 Å². The van der Waals surface area contributed by atoms with Crippen LogP contribution in [0, 0.1) is 13.8 Å². The van der Waals surface area contributed by atoms with Gasteiger partial charge in [0.2, 0.25) is 0 Å². The van der Waals surface area contributed by atoms with Gasteiger partial charge in [-0.15, -0.1) is 0 Å². The standard InChI is InChI=1S/C14H15Cl2N3O2/c1-7-10(8(2)21-18-7)6-19(3)14(20)9-4-11(15)13(17)12(16)5-9/h4-5H,6,17H2,1-3H3. The van der Waals surface area contributed by atoms with E-state index in [0.29, 0.717) is 17.9 Å². The lowest BCUT2D eigenvalue weighted by molar-refractivity contribution is 0.0784. The summed E-state index contributed by atoms with van der Waals surface area (Å²) >= 11 is 11.9. The van der Waals surface area contributed by atoms with Crippen molar-refractivity contribution in [2.24, 2.45) is 0 Å². The Morgan fingerprint density at radius 1 is 1.33 bits per heavy atom. The molecule has 0 aliphatic heterocycles. The lowest BCUT2D eigenvalue weighted by Crippen LogP contribution is -2.26. The van der Waals surface area contributed by atoms with E-state index in [9.17, 15) is 4.79 Å². The van der Waals surface area contributed by atoms with Crippen LogP contribution in [0.5, 0.6) is 0 Å². The van der Waals surface area contributed by atoms with Crippen molar-refractivity contribution in [3.8, 4) is 0 Å². The molecule has 2 aromatic rings. The topological polar surface area (TPSA) is 72.4 Å². The van der Waals surface area contributed by atoms with Crippen molar-refractivity contribution in [3.05, 3.63) is 44.8 Å². The van der Waals surface area contributed by atoms with Gasteiger partial charge in [0.1, 0.15) is 5.76 Å². The van der Waals surface area contributed by atoms with Crippen LogP contribution >= 0.6 is 23.2 Å². The Balaban J connectivity index is 2.24. The number of nitrogens with two attached hydrogens (primary N) is 1. The Bertz CT molecular complexity index is 655. The van der Waals surface area contributed by atoms with Gasteiger partial charge in [0, 0.05) is 18.2 Å². The highest BCUT2D eigenvalue weighted by Crippen LogP contribution is 2.29. The minimum absolute atomic E-state index is 0.209. The van der Waals surface area contributed by atoms with Gasteiger partial charge in [-0.1, -0.05) is 28.4 Å². The SMILES string of the molecule is Cc1noc(C)c1CN(C)C(=O)c1cc(Cl)c(N)c(Cl)c1. The second-order valence-corrected chi connectivity index (χ2v) is 5.63. The second-order valence-electron chi connectivity index (χ2n) is 4.82. The lowest BCUT2D eigenvalue weighted by Gasteiger charge is -2.17. The minimum atomic E-state index is -0.209. The molecule has 0 spiro atoms. The van der Waals surface area contributed by atoms with Gasteiger partial charge in [-0.3, -0.25) is 4.79 Å². The molecule has 0 saturated heterocycles. The summed E-state index contributed by atoms with van der Waals surface area (Å²) in [6.07, 6.45) is 0. The molecule has 1 heterocycles. The molecule has 0 saturated carbocycles. The highest BCUT2D eigenvalue weighted by molar-refractivity contribution is 6.39. The molecule has 112 valence electrons. The van der Waals surface area contributed by atoms with E-state index in [0.717, 1.165) is 11.3 Å². The summed E-state index contributed by atoms with van der Waals surface area (Å²) in [6, 6.07) is 3.02. The number of aromatic nitrogens is 1. The molecular formula is C14H15Cl2N3O2. The molecule has 0 aliphatic carbocycles. The zero-order valence-electron chi connectivity index (χ0n) is 11.9. The summed E-state index contributed by atoms with van der Waals surface area (Å²) in [7, 11) is 1.69. The number of benzene rings is 1. The Labute approximate surface area is 132 Å². The number of aryl methyl sites for hydroxylation is 2.